The molecular weight excluding hydrogens is 368 g/mol. The minimum Gasteiger partial charge on any atom is -0.349 e. The number of fused-ring (bicyclic) bond motifs is 1. The number of thioether (sulfide) groups is 1. The molecule has 0 radical (unpaired) electrons. The minimum absolute atomic E-state index is 0.0344. The lowest BCUT2D eigenvalue weighted by Gasteiger charge is -2.26. The van der Waals surface area contributed by atoms with Crippen molar-refractivity contribution in [1.82, 2.24) is 20.1 Å². The van der Waals surface area contributed by atoms with Gasteiger partial charge < -0.3 is 9.88 Å². The second-order valence-electron chi connectivity index (χ2n) is 7.18. The number of benzene rings is 2. The molecule has 1 aromatic heterocycles. The molecule has 1 heterocycles. The van der Waals surface area contributed by atoms with Gasteiger partial charge >= 0.3 is 0 Å². The quantitative estimate of drug-likeness (QED) is 0.665. The summed E-state index contributed by atoms with van der Waals surface area (Å²) in [6, 6.07) is 16.6. The average Bonchev–Trinajstić information content (AvgIpc) is 3.07. The van der Waals surface area contributed by atoms with Gasteiger partial charge in [-0.15, -0.1) is 10.2 Å². The lowest BCUT2D eigenvalue weighted by Crippen LogP contribution is -2.32. The van der Waals surface area contributed by atoms with E-state index in [1.54, 1.807) is 0 Å². The standard InChI is InChI=1S/C22H24N4OS/c1-15-8-3-5-11-17(15)21-24-25-22(26(21)2)28-14-20(27)23-19-13-7-10-16-9-4-6-12-18(16)19/h3-6,8-9,11-12,19H,7,10,13-14H2,1-2H3,(H,23,27). The summed E-state index contributed by atoms with van der Waals surface area (Å²) in [5.74, 6) is 1.19. The summed E-state index contributed by atoms with van der Waals surface area (Å²) in [5.41, 5.74) is 4.83. The lowest BCUT2D eigenvalue weighted by molar-refractivity contribution is -0.119. The van der Waals surface area contributed by atoms with Crippen molar-refractivity contribution in [1.29, 1.82) is 0 Å². The molecule has 3 aromatic rings. The Kier molecular flexibility index (Phi) is 5.48. The van der Waals surface area contributed by atoms with E-state index in [0.717, 1.165) is 41.4 Å². The fourth-order valence-corrected chi connectivity index (χ4v) is 4.49. The first-order valence-electron chi connectivity index (χ1n) is 9.59. The molecule has 0 spiro atoms. The first-order valence-corrected chi connectivity index (χ1v) is 10.6. The van der Waals surface area contributed by atoms with Crippen LogP contribution in [0.1, 0.15) is 35.6 Å². The van der Waals surface area contributed by atoms with Crippen molar-refractivity contribution in [3.63, 3.8) is 0 Å². The van der Waals surface area contributed by atoms with E-state index >= 15 is 0 Å². The van der Waals surface area contributed by atoms with E-state index in [2.05, 4.69) is 46.7 Å². The summed E-state index contributed by atoms with van der Waals surface area (Å²) in [4.78, 5) is 12.5. The normalized spacial score (nSPS) is 15.9. The summed E-state index contributed by atoms with van der Waals surface area (Å²) in [5, 5.41) is 12.6. The second-order valence-corrected chi connectivity index (χ2v) is 8.12. The number of nitrogens with one attached hydrogen (secondary N) is 1. The van der Waals surface area contributed by atoms with Crippen molar-refractivity contribution in [2.24, 2.45) is 7.05 Å². The third-order valence-corrected chi connectivity index (χ3v) is 6.28. The molecule has 28 heavy (non-hydrogen) atoms. The molecule has 1 atom stereocenters. The number of hydrogen-bond acceptors (Lipinski definition) is 4. The molecule has 0 saturated heterocycles. The molecule has 1 unspecified atom stereocenters. The molecule has 0 fully saturated rings. The third kappa shape index (κ3) is 3.83. The van der Waals surface area contributed by atoms with Crippen molar-refractivity contribution >= 4 is 17.7 Å². The van der Waals surface area contributed by atoms with E-state index < -0.39 is 0 Å². The van der Waals surface area contributed by atoms with Gasteiger partial charge in [-0.3, -0.25) is 4.79 Å². The van der Waals surface area contributed by atoms with Crippen molar-refractivity contribution in [2.45, 2.75) is 37.4 Å². The van der Waals surface area contributed by atoms with Crippen LogP contribution in [-0.4, -0.2) is 26.4 Å². The van der Waals surface area contributed by atoms with E-state index in [4.69, 9.17) is 0 Å². The molecule has 4 rings (SSSR count). The van der Waals surface area contributed by atoms with Gasteiger partial charge in [0.2, 0.25) is 5.91 Å². The van der Waals surface area contributed by atoms with Crippen LogP contribution in [0.4, 0.5) is 0 Å². The number of hydrogen-bond donors (Lipinski definition) is 1. The Morgan fingerprint density at radius 3 is 2.82 bits per heavy atom. The molecule has 6 heteroatoms. The zero-order chi connectivity index (χ0) is 19.5. The number of aromatic nitrogens is 3. The highest BCUT2D eigenvalue weighted by molar-refractivity contribution is 7.99. The Balaban J connectivity index is 1.41. The van der Waals surface area contributed by atoms with E-state index in [1.807, 2.05) is 35.9 Å². The predicted molar refractivity (Wildman–Crippen MR) is 112 cm³/mol. The van der Waals surface area contributed by atoms with Gasteiger partial charge in [0.15, 0.2) is 11.0 Å². The molecule has 0 aliphatic heterocycles. The third-order valence-electron chi connectivity index (χ3n) is 5.26. The average molecular weight is 393 g/mol. The number of amides is 1. The first-order chi connectivity index (χ1) is 13.6. The monoisotopic (exact) mass is 392 g/mol. The largest absolute Gasteiger partial charge is 0.349 e. The Morgan fingerprint density at radius 1 is 1.18 bits per heavy atom. The molecule has 1 aliphatic carbocycles. The van der Waals surface area contributed by atoms with Crippen molar-refractivity contribution in [3.8, 4) is 11.4 Å². The minimum atomic E-state index is 0.0344. The Morgan fingerprint density at radius 2 is 1.96 bits per heavy atom. The summed E-state index contributed by atoms with van der Waals surface area (Å²) in [6.07, 6.45) is 3.20. The first kappa shape index (κ1) is 18.7. The Bertz CT molecular complexity index is 998. The number of nitrogens with zero attached hydrogens (tertiary/aromatic N) is 3. The van der Waals surface area contributed by atoms with Crippen LogP contribution in [0.25, 0.3) is 11.4 Å². The fourth-order valence-electron chi connectivity index (χ4n) is 3.77. The highest BCUT2D eigenvalue weighted by Crippen LogP contribution is 2.30. The molecule has 1 aliphatic rings. The van der Waals surface area contributed by atoms with Gasteiger partial charge in [0.25, 0.3) is 0 Å². The van der Waals surface area contributed by atoms with Crippen LogP contribution < -0.4 is 5.32 Å². The van der Waals surface area contributed by atoms with Crippen LogP contribution in [-0.2, 0) is 18.3 Å². The molecule has 5 nitrogen and oxygen atoms in total. The summed E-state index contributed by atoms with van der Waals surface area (Å²) < 4.78 is 1.95. The number of carbonyl (C=O) groups excluding carboxylic acids is 1. The van der Waals surface area contributed by atoms with Gasteiger partial charge in [-0.2, -0.15) is 0 Å². The van der Waals surface area contributed by atoms with E-state index in [1.165, 1.54) is 22.9 Å². The second kappa shape index (κ2) is 8.19. The predicted octanol–water partition coefficient (Wildman–Crippen LogP) is 4.08. The zero-order valence-electron chi connectivity index (χ0n) is 16.2. The molecule has 1 N–H and O–H groups in total. The number of aryl methyl sites for hydroxylation is 2. The summed E-state index contributed by atoms with van der Waals surface area (Å²) in [6.45, 7) is 2.06. The maximum atomic E-state index is 12.5. The van der Waals surface area contributed by atoms with Crippen LogP contribution in [0.15, 0.2) is 53.7 Å². The maximum absolute atomic E-state index is 12.5. The van der Waals surface area contributed by atoms with Crippen LogP contribution in [0, 0.1) is 6.92 Å². The molecule has 0 bridgehead atoms. The lowest BCUT2D eigenvalue weighted by atomic mass is 9.88. The van der Waals surface area contributed by atoms with Crippen LogP contribution in [0.2, 0.25) is 0 Å². The van der Waals surface area contributed by atoms with Gasteiger partial charge in [-0.25, -0.2) is 0 Å². The van der Waals surface area contributed by atoms with E-state index in [9.17, 15) is 4.79 Å². The smallest absolute Gasteiger partial charge is 0.230 e. The highest BCUT2D eigenvalue weighted by Gasteiger charge is 2.22. The molecule has 0 saturated carbocycles. The van der Waals surface area contributed by atoms with Crippen LogP contribution in [0.3, 0.4) is 0 Å². The Hall–Kier alpha value is -2.60. The molecule has 144 valence electrons. The number of rotatable bonds is 5. The van der Waals surface area contributed by atoms with Crippen LogP contribution >= 0.6 is 11.8 Å². The summed E-state index contributed by atoms with van der Waals surface area (Å²) in [7, 11) is 1.94. The van der Waals surface area contributed by atoms with E-state index in [0.29, 0.717) is 5.75 Å². The molecule has 2 aromatic carbocycles. The van der Waals surface area contributed by atoms with E-state index in [-0.39, 0.29) is 11.9 Å². The van der Waals surface area contributed by atoms with Gasteiger partial charge in [0.05, 0.1) is 11.8 Å². The topological polar surface area (TPSA) is 59.8 Å². The zero-order valence-corrected chi connectivity index (χ0v) is 17.0. The fraction of sp³-hybridized carbons (Fsp3) is 0.318. The van der Waals surface area contributed by atoms with Crippen molar-refractivity contribution in [2.75, 3.05) is 5.75 Å². The van der Waals surface area contributed by atoms with Gasteiger partial charge in [0.1, 0.15) is 0 Å². The SMILES string of the molecule is Cc1ccccc1-c1nnc(SCC(=O)NC2CCCc3ccccc32)n1C. The Labute approximate surface area is 169 Å². The van der Waals surface area contributed by atoms with Gasteiger partial charge in [0, 0.05) is 12.6 Å². The van der Waals surface area contributed by atoms with Crippen LogP contribution in [0.5, 0.6) is 0 Å². The van der Waals surface area contributed by atoms with Crippen molar-refractivity contribution in [3.05, 3.63) is 65.2 Å². The van der Waals surface area contributed by atoms with Gasteiger partial charge in [-0.1, -0.05) is 60.3 Å². The highest BCUT2D eigenvalue weighted by atomic mass is 32.2. The van der Waals surface area contributed by atoms with Gasteiger partial charge in [-0.05, 0) is 42.9 Å². The molecule has 1 amide bonds. The van der Waals surface area contributed by atoms with Crippen molar-refractivity contribution < 1.29 is 4.79 Å². The summed E-state index contributed by atoms with van der Waals surface area (Å²) >= 11 is 1.42. The molecular formula is C22H24N4OS. The maximum Gasteiger partial charge on any atom is 0.230 e. The number of carbonyl (C=O) groups is 1.